The number of anilines is 1. The highest BCUT2D eigenvalue weighted by molar-refractivity contribution is 5.95. The van der Waals surface area contributed by atoms with Crippen LogP contribution in [0.1, 0.15) is 13.8 Å². The zero-order chi connectivity index (χ0) is 18.3. The van der Waals surface area contributed by atoms with Gasteiger partial charge in [0.05, 0.1) is 12.2 Å². The standard InChI is InChI=1S/C15H15F3N2O4/c1-8(2)5-13(23)24-7-12(22)19-6-11(21)20-10-4-3-9(16)14(17)15(10)18/h3-5H,6-7H2,1-2H3,(H,19,22)(H,20,21). The fraction of sp³-hybridized carbons (Fsp3) is 0.267. The fourth-order valence-corrected chi connectivity index (χ4v) is 1.46. The quantitative estimate of drug-likeness (QED) is 0.467. The van der Waals surface area contributed by atoms with Crippen LogP contribution in [0.25, 0.3) is 0 Å². The molecule has 0 atom stereocenters. The lowest BCUT2D eigenvalue weighted by Crippen LogP contribution is -2.35. The third-order valence-corrected chi connectivity index (χ3v) is 2.51. The largest absolute Gasteiger partial charge is 0.452 e. The number of nitrogens with one attached hydrogen (secondary N) is 2. The number of esters is 1. The molecule has 0 heterocycles. The lowest BCUT2D eigenvalue weighted by molar-refractivity contribution is -0.144. The van der Waals surface area contributed by atoms with Gasteiger partial charge in [-0.05, 0) is 26.0 Å². The molecule has 0 bridgehead atoms. The minimum Gasteiger partial charge on any atom is -0.452 e. The minimum atomic E-state index is -1.72. The molecule has 24 heavy (non-hydrogen) atoms. The second-order valence-electron chi connectivity index (χ2n) is 4.88. The van der Waals surface area contributed by atoms with Crippen molar-refractivity contribution >= 4 is 23.5 Å². The summed E-state index contributed by atoms with van der Waals surface area (Å²) in [5, 5.41) is 4.09. The third-order valence-electron chi connectivity index (χ3n) is 2.51. The summed E-state index contributed by atoms with van der Waals surface area (Å²) in [7, 11) is 0. The molecule has 2 amide bonds. The minimum absolute atomic E-state index is 0.567. The fourth-order valence-electron chi connectivity index (χ4n) is 1.46. The molecule has 0 unspecified atom stereocenters. The Morgan fingerprint density at radius 1 is 1.08 bits per heavy atom. The van der Waals surface area contributed by atoms with Gasteiger partial charge in [0, 0.05) is 6.08 Å². The number of benzene rings is 1. The van der Waals surface area contributed by atoms with Gasteiger partial charge in [-0.25, -0.2) is 18.0 Å². The predicted octanol–water partition coefficient (Wildman–Crippen LogP) is 1.67. The van der Waals surface area contributed by atoms with E-state index < -0.39 is 54.1 Å². The van der Waals surface area contributed by atoms with Crippen molar-refractivity contribution in [1.29, 1.82) is 0 Å². The van der Waals surface area contributed by atoms with Crippen LogP contribution < -0.4 is 10.6 Å². The molecule has 0 aromatic heterocycles. The molecule has 0 aliphatic heterocycles. The molecule has 2 N–H and O–H groups in total. The van der Waals surface area contributed by atoms with E-state index in [2.05, 4.69) is 10.1 Å². The number of carbonyl (C=O) groups is 3. The molecule has 130 valence electrons. The molecule has 9 heteroatoms. The number of amides is 2. The van der Waals surface area contributed by atoms with Crippen LogP contribution in [0.5, 0.6) is 0 Å². The van der Waals surface area contributed by atoms with Crippen LogP contribution in [0.3, 0.4) is 0 Å². The number of hydrogen-bond donors (Lipinski definition) is 2. The Hall–Kier alpha value is -2.84. The Morgan fingerprint density at radius 2 is 1.75 bits per heavy atom. The smallest absolute Gasteiger partial charge is 0.331 e. The van der Waals surface area contributed by atoms with E-state index in [1.165, 1.54) is 6.08 Å². The highest BCUT2D eigenvalue weighted by Gasteiger charge is 2.15. The number of ether oxygens (including phenoxy) is 1. The number of rotatable bonds is 6. The van der Waals surface area contributed by atoms with E-state index in [-0.39, 0.29) is 0 Å². The Labute approximate surface area is 135 Å². The molecule has 0 spiro atoms. The van der Waals surface area contributed by atoms with Crippen molar-refractivity contribution in [3.05, 3.63) is 41.2 Å². The van der Waals surface area contributed by atoms with Gasteiger partial charge in [0.2, 0.25) is 5.91 Å². The summed E-state index contributed by atoms with van der Waals surface area (Å²) < 4.78 is 43.7. The van der Waals surface area contributed by atoms with Gasteiger partial charge in [-0.3, -0.25) is 9.59 Å². The highest BCUT2D eigenvalue weighted by Crippen LogP contribution is 2.19. The summed E-state index contributed by atoms with van der Waals surface area (Å²) in [6.07, 6.45) is 1.19. The molecule has 1 rings (SSSR count). The Morgan fingerprint density at radius 3 is 2.38 bits per heavy atom. The van der Waals surface area contributed by atoms with E-state index in [9.17, 15) is 27.6 Å². The van der Waals surface area contributed by atoms with Gasteiger partial charge in [0.1, 0.15) is 0 Å². The lowest BCUT2D eigenvalue weighted by Gasteiger charge is -2.08. The molecular weight excluding hydrogens is 329 g/mol. The molecule has 0 aliphatic carbocycles. The van der Waals surface area contributed by atoms with Gasteiger partial charge in [-0.2, -0.15) is 0 Å². The maximum Gasteiger partial charge on any atom is 0.331 e. The van der Waals surface area contributed by atoms with Crippen molar-refractivity contribution in [1.82, 2.24) is 5.32 Å². The molecule has 0 aliphatic rings. The van der Waals surface area contributed by atoms with Crippen LogP contribution in [0.15, 0.2) is 23.8 Å². The van der Waals surface area contributed by atoms with Crippen LogP contribution in [-0.2, 0) is 19.1 Å². The van der Waals surface area contributed by atoms with Crippen molar-refractivity contribution < 1.29 is 32.3 Å². The van der Waals surface area contributed by atoms with Crippen molar-refractivity contribution in [2.75, 3.05) is 18.5 Å². The molecule has 6 nitrogen and oxygen atoms in total. The average Bonchev–Trinajstić information content (AvgIpc) is 2.51. The van der Waals surface area contributed by atoms with E-state index in [0.29, 0.717) is 11.6 Å². The Balaban J connectivity index is 2.44. The second kappa shape index (κ2) is 8.70. The maximum atomic E-state index is 13.4. The van der Waals surface area contributed by atoms with Crippen molar-refractivity contribution in [3.8, 4) is 0 Å². The van der Waals surface area contributed by atoms with Crippen LogP contribution >= 0.6 is 0 Å². The number of halogens is 3. The van der Waals surface area contributed by atoms with E-state index in [4.69, 9.17) is 0 Å². The van der Waals surface area contributed by atoms with E-state index in [1.54, 1.807) is 13.8 Å². The molecule has 0 radical (unpaired) electrons. The van der Waals surface area contributed by atoms with Gasteiger partial charge in [-0.1, -0.05) is 5.57 Å². The van der Waals surface area contributed by atoms with Crippen LogP contribution in [-0.4, -0.2) is 30.9 Å². The summed E-state index contributed by atoms with van der Waals surface area (Å²) >= 11 is 0. The SMILES string of the molecule is CC(C)=CC(=O)OCC(=O)NCC(=O)Nc1ccc(F)c(F)c1F. The Bertz CT molecular complexity index is 686. The van der Waals surface area contributed by atoms with E-state index >= 15 is 0 Å². The lowest BCUT2D eigenvalue weighted by atomic mass is 10.2. The number of carbonyl (C=O) groups excluding carboxylic acids is 3. The summed E-state index contributed by atoms with van der Waals surface area (Å²) in [5.41, 5.74) is 0.122. The number of allylic oxidation sites excluding steroid dienone is 1. The second-order valence-corrected chi connectivity index (χ2v) is 4.88. The first-order chi connectivity index (χ1) is 11.2. The van der Waals surface area contributed by atoms with Crippen LogP contribution in [0, 0.1) is 17.5 Å². The average molecular weight is 344 g/mol. The molecule has 1 aromatic carbocycles. The molecule has 0 saturated heterocycles. The first-order valence-electron chi connectivity index (χ1n) is 6.72. The topological polar surface area (TPSA) is 84.5 Å². The zero-order valence-corrected chi connectivity index (χ0v) is 12.9. The van der Waals surface area contributed by atoms with Gasteiger partial charge in [-0.15, -0.1) is 0 Å². The normalized spacial score (nSPS) is 9.88. The predicted molar refractivity (Wildman–Crippen MR) is 78.3 cm³/mol. The van der Waals surface area contributed by atoms with Crippen molar-refractivity contribution in [2.45, 2.75) is 13.8 Å². The van der Waals surface area contributed by atoms with Gasteiger partial charge in [0.25, 0.3) is 5.91 Å². The first kappa shape index (κ1) is 19.2. The van der Waals surface area contributed by atoms with Crippen molar-refractivity contribution in [2.24, 2.45) is 0 Å². The summed E-state index contributed by atoms with van der Waals surface area (Å²) in [6.45, 7) is 2.17. The van der Waals surface area contributed by atoms with E-state index in [1.807, 2.05) is 5.32 Å². The molecule has 1 aromatic rings. The molecule has 0 fully saturated rings. The highest BCUT2D eigenvalue weighted by atomic mass is 19.2. The summed E-state index contributed by atoms with van der Waals surface area (Å²) in [4.78, 5) is 34.1. The third kappa shape index (κ3) is 6.11. The first-order valence-corrected chi connectivity index (χ1v) is 6.72. The van der Waals surface area contributed by atoms with Gasteiger partial charge in [0.15, 0.2) is 24.1 Å². The van der Waals surface area contributed by atoms with Gasteiger partial charge >= 0.3 is 5.97 Å². The van der Waals surface area contributed by atoms with Gasteiger partial charge < -0.3 is 15.4 Å². The zero-order valence-electron chi connectivity index (χ0n) is 12.9. The molecule has 0 saturated carbocycles. The van der Waals surface area contributed by atoms with Crippen LogP contribution in [0.4, 0.5) is 18.9 Å². The van der Waals surface area contributed by atoms with E-state index in [0.717, 1.165) is 6.07 Å². The monoisotopic (exact) mass is 344 g/mol. The number of hydrogen-bond acceptors (Lipinski definition) is 4. The summed E-state index contributed by atoms with van der Waals surface area (Å²) in [6, 6.07) is 1.49. The van der Waals surface area contributed by atoms with Crippen LogP contribution in [0.2, 0.25) is 0 Å². The summed E-state index contributed by atoms with van der Waals surface area (Å²) in [5.74, 6) is -7.00. The Kier molecular flexibility index (Phi) is 6.97. The van der Waals surface area contributed by atoms with Crippen molar-refractivity contribution in [3.63, 3.8) is 0 Å². The maximum absolute atomic E-state index is 13.4. The molecular formula is C15H15F3N2O4.